The molecular formula is C18H16O4. The molecule has 0 unspecified atom stereocenters. The quantitative estimate of drug-likeness (QED) is 0.489. The predicted molar refractivity (Wildman–Crippen MR) is 84.8 cm³/mol. The molecule has 0 aliphatic carbocycles. The Bertz CT molecular complexity index is 720. The second kappa shape index (κ2) is 6.26. The van der Waals surface area contributed by atoms with E-state index in [-0.39, 0.29) is 0 Å². The summed E-state index contributed by atoms with van der Waals surface area (Å²) < 4.78 is 10.6. The normalized spacial score (nSPS) is 10.1. The van der Waals surface area contributed by atoms with Crippen molar-refractivity contribution < 1.29 is 19.1 Å². The maximum atomic E-state index is 11.7. The largest absolute Gasteiger partial charge is 0.423 e. The molecular weight excluding hydrogens is 280 g/mol. The minimum atomic E-state index is -0.503. The van der Waals surface area contributed by atoms with Gasteiger partial charge in [-0.25, -0.2) is 9.59 Å². The van der Waals surface area contributed by atoms with Gasteiger partial charge in [-0.3, -0.25) is 0 Å². The molecule has 4 heteroatoms. The van der Waals surface area contributed by atoms with Crippen LogP contribution in [0.1, 0.15) is 13.8 Å². The van der Waals surface area contributed by atoms with Crippen LogP contribution >= 0.6 is 0 Å². The molecule has 0 spiro atoms. The molecule has 112 valence electrons. The highest BCUT2D eigenvalue weighted by molar-refractivity contribution is 5.98. The van der Waals surface area contributed by atoms with Crippen molar-refractivity contribution >= 4 is 22.7 Å². The highest BCUT2D eigenvalue weighted by Crippen LogP contribution is 2.32. The smallest absolute Gasteiger partial charge is 0.338 e. The van der Waals surface area contributed by atoms with Crippen LogP contribution in [0.5, 0.6) is 11.5 Å². The number of esters is 2. The van der Waals surface area contributed by atoms with Gasteiger partial charge >= 0.3 is 11.9 Å². The van der Waals surface area contributed by atoms with E-state index in [2.05, 4.69) is 13.2 Å². The van der Waals surface area contributed by atoms with Gasteiger partial charge in [0.2, 0.25) is 0 Å². The summed E-state index contributed by atoms with van der Waals surface area (Å²) >= 11 is 0. The second-order valence-electron chi connectivity index (χ2n) is 4.95. The lowest BCUT2D eigenvalue weighted by Crippen LogP contribution is -2.09. The number of hydrogen-bond acceptors (Lipinski definition) is 4. The first-order chi connectivity index (χ1) is 10.4. The molecule has 0 N–H and O–H groups in total. The summed E-state index contributed by atoms with van der Waals surface area (Å²) in [5, 5.41) is 1.34. The van der Waals surface area contributed by atoms with Crippen molar-refractivity contribution in [3.05, 3.63) is 60.7 Å². The standard InChI is InChI=1S/C18H16O4/c1-11(2)17(19)21-15-9-5-8-14-13(15)7-6-10-16(14)22-18(20)12(3)4/h5-10H,1,3H2,2,4H3. The van der Waals surface area contributed by atoms with E-state index in [1.807, 2.05) is 0 Å². The first-order valence-electron chi connectivity index (χ1n) is 6.67. The topological polar surface area (TPSA) is 52.6 Å². The third-order valence-electron chi connectivity index (χ3n) is 2.94. The van der Waals surface area contributed by atoms with Gasteiger partial charge in [-0.1, -0.05) is 37.4 Å². The summed E-state index contributed by atoms with van der Waals surface area (Å²) in [4.78, 5) is 23.4. The molecule has 0 fully saturated rings. The predicted octanol–water partition coefficient (Wildman–Crippen LogP) is 3.80. The van der Waals surface area contributed by atoms with E-state index in [1.54, 1.807) is 50.2 Å². The van der Waals surface area contributed by atoms with Gasteiger partial charge in [0, 0.05) is 21.9 Å². The van der Waals surface area contributed by atoms with E-state index in [0.29, 0.717) is 33.4 Å². The Morgan fingerprint density at radius 3 is 1.45 bits per heavy atom. The van der Waals surface area contributed by atoms with Gasteiger partial charge < -0.3 is 9.47 Å². The molecule has 2 aromatic rings. The highest BCUT2D eigenvalue weighted by atomic mass is 16.5. The lowest BCUT2D eigenvalue weighted by atomic mass is 10.1. The van der Waals surface area contributed by atoms with Gasteiger partial charge in [-0.2, -0.15) is 0 Å². The number of fused-ring (bicyclic) bond motifs is 1. The summed E-state index contributed by atoms with van der Waals surface area (Å²) in [6.07, 6.45) is 0. The van der Waals surface area contributed by atoms with Crippen molar-refractivity contribution in [3.8, 4) is 11.5 Å². The molecule has 0 aliphatic rings. The average molecular weight is 296 g/mol. The van der Waals surface area contributed by atoms with E-state index in [1.165, 1.54) is 0 Å². The molecule has 0 radical (unpaired) electrons. The van der Waals surface area contributed by atoms with Gasteiger partial charge in [0.1, 0.15) is 11.5 Å². The molecule has 0 saturated heterocycles. The van der Waals surface area contributed by atoms with Crippen LogP contribution in [0.15, 0.2) is 60.7 Å². The lowest BCUT2D eigenvalue weighted by Gasteiger charge is -2.11. The Kier molecular flexibility index (Phi) is 4.41. The Balaban J connectivity index is 2.46. The summed E-state index contributed by atoms with van der Waals surface area (Å²) in [6, 6.07) is 10.4. The molecule has 0 atom stereocenters. The van der Waals surface area contributed by atoms with Crippen LogP contribution < -0.4 is 9.47 Å². The molecule has 22 heavy (non-hydrogen) atoms. The zero-order valence-corrected chi connectivity index (χ0v) is 12.5. The minimum Gasteiger partial charge on any atom is -0.423 e. The number of ether oxygens (including phenoxy) is 2. The van der Waals surface area contributed by atoms with Crippen LogP contribution in [-0.2, 0) is 9.59 Å². The van der Waals surface area contributed by atoms with Crippen LogP contribution in [0.25, 0.3) is 10.8 Å². The van der Waals surface area contributed by atoms with Crippen LogP contribution in [-0.4, -0.2) is 11.9 Å². The van der Waals surface area contributed by atoms with Gasteiger partial charge in [-0.15, -0.1) is 0 Å². The van der Waals surface area contributed by atoms with E-state index >= 15 is 0 Å². The van der Waals surface area contributed by atoms with Crippen molar-refractivity contribution in [1.82, 2.24) is 0 Å². The summed E-state index contributed by atoms with van der Waals surface area (Å²) in [6.45, 7) is 10.3. The van der Waals surface area contributed by atoms with Crippen LogP contribution in [0.4, 0.5) is 0 Å². The minimum absolute atomic E-state index is 0.307. The first-order valence-corrected chi connectivity index (χ1v) is 6.67. The fraction of sp³-hybridized carbons (Fsp3) is 0.111. The average Bonchev–Trinajstić information content (AvgIpc) is 2.47. The first kappa shape index (κ1) is 15.5. The lowest BCUT2D eigenvalue weighted by molar-refractivity contribution is -0.130. The number of benzene rings is 2. The molecule has 0 aliphatic heterocycles. The van der Waals surface area contributed by atoms with Gasteiger partial charge in [-0.05, 0) is 26.0 Å². The van der Waals surface area contributed by atoms with E-state index < -0.39 is 11.9 Å². The molecule has 0 aromatic heterocycles. The molecule has 0 amide bonds. The third kappa shape index (κ3) is 3.23. The number of carbonyl (C=O) groups is 2. The maximum Gasteiger partial charge on any atom is 0.338 e. The van der Waals surface area contributed by atoms with Gasteiger partial charge in [0.25, 0.3) is 0 Å². The van der Waals surface area contributed by atoms with Crippen LogP contribution in [0, 0.1) is 0 Å². The van der Waals surface area contributed by atoms with Crippen molar-refractivity contribution in [2.75, 3.05) is 0 Å². The van der Waals surface area contributed by atoms with Gasteiger partial charge in [0.15, 0.2) is 0 Å². The second-order valence-corrected chi connectivity index (χ2v) is 4.95. The Labute approximate surface area is 128 Å². The molecule has 0 bridgehead atoms. The third-order valence-corrected chi connectivity index (χ3v) is 2.94. The molecule has 0 saturated carbocycles. The summed E-state index contributed by atoms with van der Waals surface area (Å²) in [7, 11) is 0. The Hall–Kier alpha value is -2.88. The Morgan fingerprint density at radius 2 is 1.14 bits per heavy atom. The zero-order chi connectivity index (χ0) is 16.3. The van der Waals surface area contributed by atoms with Crippen molar-refractivity contribution in [2.45, 2.75) is 13.8 Å². The number of carbonyl (C=O) groups excluding carboxylic acids is 2. The van der Waals surface area contributed by atoms with Crippen molar-refractivity contribution in [1.29, 1.82) is 0 Å². The molecule has 0 heterocycles. The van der Waals surface area contributed by atoms with Crippen LogP contribution in [0.2, 0.25) is 0 Å². The fourth-order valence-corrected chi connectivity index (χ4v) is 1.80. The van der Waals surface area contributed by atoms with Crippen molar-refractivity contribution in [2.24, 2.45) is 0 Å². The Morgan fingerprint density at radius 1 is 0.773 bits per heavy atom. The highest BCUT2D eigenvalue weighted by Gasteiger charge is 2.13. The summed E-state index contributed by atoms with van der Waals surface area (Å²) in [5.41, 5.74) is 0.615. The van der Waals surface area contributed by atoms with Gasteiger partial charge in [0.05, 0.1) is 0 Å². The van der Waals surface area contributed by atoms with E-state index in [0.717, 1.165) is 0 Å². The van der Waals surface area contributed by atoms with Crippen LogP contribution in [0.3, 0.4) is 0 Å². The maximum absolute atomic E-state index is 11.7. The number of hydrogen-bond donors (Lipinski definition) is 0. The van der Waals surface area contributed by atoms with E-state index in [9.17, 15) is 9.59 Å². The summed E-state index contributed by atoms with van der Waals surface area (Å²) in [5.74, 6) is -0.230. The monoisotopic (exact) mass is 296 g/mol. The SMILES string of the molecule is C=C(C)C(=O)Oc1cccc2c(OC(=O)C(=C)C)cccc12. The zero-order valence-electron chi connectivity index (χ0n) is 12.5. The molecule has 2 rings (SSSR count). The van der Waals surface area contributed by atoms with Crippen molar-refractivity contribution in [3.63, 3.8) is 0 Å². The molecule has 2 aromatic carbocycles. The molecule has 4 nitrogen and oxygen atoms in total. The number of rotatable bonds is 4. The van der Waals surface area contributed by atoms with E-state index in [4.69, 9.17) is 9.47 Å². The fourth-order valence-electron chi connectivity index (χ4n) is 1.80.